The first-order valence-electron chi connectivity index (χ1n) is 8.65. The van der Waals surface area contributed by atoms with E-state index in [4.69, 9.17) is 16.3 Å². The molecule has 0 spiro atoms. The quantitative estimate of drug-likeness (QED) is 0.661. The number of esters is 1. The summed E-state index contributed by atoms with van der Waals surface area (Å²) in [7, 11) is 0. The summed E-state index contributed by atoms with van der Waals surface area (Å²) in [5.41, 5.74) is 1.42. The highest BCUT2D eigenvalue weighted by Crippen LogP contribution is 2.25. The molecule has 1 N–H and O–H groups in total. The van der Waals surface area contributed by atoms with Crippen LogP contribution in [0.15, 0.2) is 53.0 Å². The van der Waals surface area contributed by atoms with Crippen LogP contribution < -0.4 is 5.32 Å². The molecule has 0 bridgehead atoms. The fraction of sp³-hybridized carbons (Fsp3) is 0.250. The van der Waals surface area contributed by atoms with E-state index in [1.54, 1.807) is 23.1 Å². The molecule has 0 saturated carbocycles. The van der Waals surface area contributed by atoms with Gasteiger partial charge in [-0.2, -0.15) is 0 Å². The summed E-state index contributed by atoms with van der Waals surface area (Å²) < 4.78 is 5.87. The molecule has 1 saturated heterocycles. The standard InChI is InChI=1S/C20H18BrClN2O4/c21-15-6-7-17(16(22)9-15)23-18(25)12-28-20(27)14-8-19(26)24(11-14)10-13-4-2-1-3-5-13/h1-7,9,14H,8,10-12H2,(H,23,25). The molecule has 0 aliphatic carbocycles. The lowest BCUT2D eigenvalue weighted by Crippen LogP contribution is -2.28. The Morgan fingerprint density at radius 3 is 2.68 bits per heavy atom. The normalized spacial score (nSPS) is 16.1. The van der Waals surface area contributed by atoms with Crippen molar-refractivity contribution in [3.05, 3.63) is 63.6 Å². The van der Waals surface area contributed by atoms with Gasteiger partial charge in [-0.3, -0.25) is 14.4 Å². The maximum absolute atomic E-state index is 12.2. The smallest absolute Gasteiger partial charge is 0.311 e. The summed E-state index contributed by atoms with van der Waals surface area (Å²) in [5.74, 6) is -1.72. The summed E-state index contributed by atoms with van der Waals surface area (Å²) in [6.07, 6.45) is 0.0891. The number of amides is 2. The van der Waals surface area contributed by atoms with Gasteiger partial charge in [-0.15, -0.1) is 0 Å². The number of benzene rings is 2. The van der Waals surface area contributed by atoms with Crippen molar-refractivity contribution < 1.29 is 19.1 Å². The third-order valence-electron chi connectivity index (χ3n) is 4.31. The Kier molecular flexibility index (Phi) is 6.70. The Morgan fingerprint density at radius 1 is 1.21 bits per heavy atom. The van der Waals surface area contributed by atoms with Gasteiger partial charge < -0.3 is 15.0 Å². The molecule has 1 atom stereocenters. The van der Waals surface area contributed by atoms with E-state index in [2.05, 4.69) is 21.2 Å². The molecule has 0 aromatic heterocycles. The Balaban J connectivity index is 1.48. The summed E-state index contributed by atoms with van der Waals surface area (Å²) in [4.78, 5) is 38.0. The largest absolute Gasteiger partial charge is 0.455 e. The number of likely N-dealkylation sites (tertiary alicyclic amines) is 1. The van der Waals surface area contributed by atoms with Gasteiger partial charge in [0.15, 0.2) is 6.61 Å². The highest BCUT2D eigenvalue weighted by molar-refractivity contribution is 9.10. The molecule has 2 aromatic carbocycles. The number of anilines is 1. The molecule has 1 aliphatic heterocycles. The molecule has 2 aromatic rings. The van der Waals surface area contributed by atoms with Crippen LogP contribution in [-0.2, 0) is 25.7 Å². The zero-order valence-corrected chi connectivity index (χ0v) is 17.2. The van der Waals surface area contributed by atoms with Crippen molar-refractivity contribution in [1.82, 2.24) is 4.90 Å². The lowest BCUT2D eigenvalue weighted by atomic mass is 10.1. The fourth-order valence-electron chi connectivity index (χ4n) is 2.92. The lowest BCUT2D eigenvalue weighted by molar-refractivity contribution is -0.151. The minimum absolute atomic E-state index is 0.0891. The molecule has 8 heteroatoms. The third kappa shape index (κ3) is 5.33. The van der Waals surface area contributed by atoms with Crippen molar-refractivity contribution in [2.75, 3.05) is 18.5 Å². The molecule has 2 amide bonds. The van der Waals surface area contributed by atoms with E-state index in [0.29, 0.717) is 17.3 Å². The zero-order valence-electron chi connectivity index (χ0n) is 14.9. The van der Waals surface area contributed by atoms with E-state index in [9.17, 15) is 14.4 Å². The van der Waals surface area contributed by atoms with E-state index in [1.165, 1.54) is 0 Å². The van der Waals surface area contributed by atoms with Crippen molar-refractivity contribution in [2.24, 2.45) is 5.92 Å². The number of carbonyl (C=O) groups is 3. The van der Waals surface area contributed by atoms with E-state index in [1.807, 2.05) is 30.3 Å². The van der Waals surface area contributed by atoms with Crippen LogP contribution in [0.5, 0.6) is 0 Å². The molecule has 28 heavy (non-hydrogen) atoms. The molecule has 1 aliphatic rings. The second-order valence-corrected chi connectivity index (χ2v) is 7.76. The maximum Gasteiger partial charge on any atom is 0.311 e. The van der Waals surface area contributed by atoms with Gasteiger partial charge in [-0.25, -0.2) is 0 Å². The summed E-state index contributed by atoms with van der Waals surface area (Å²) in [5, 5.41) is 2.95. The number of nitrogens with one attached hydrogen (secondary N) is 1. The minimum Gasteiger partial charge on any atom is -0.455 e. The van der Waals surface area contributed by atoms with Crippen LogP contribution >= 0.6 is 27.5 Å². The van der Waals surface area contributed by atoms with Crippen molar-refractivity contribution in [1.29, 1.82) is 0 Å². The van der Waals surface area contributed by atoms with E-state index in [-0.39, 0.29) is 18.9 Å². The van der Waals surface area contributed by atoms with Gasteiger partial charge in [0, 0.05) is 24.0 Å². The number of hydrogen-bond acceptors (Lipinski definition) is 4. The number of ether oxygens (including phenoxy) is 1. The van der Waals surface area contributed by atoms with E-state index < -0.39 is 24.4 Å². The summed E-state index contributed by atoms with van der Waals surface area (Å²) in [6.45, 7) is 0.299. The van der Waals surface area contributed by atoms with Crippen LogP contribution in [0.3, 0.4) is 0 Å². The first-order valence-corrected chi connectivity index (χ1v) is 9.82. The monoisotopic (exact) mass is 464 g/mol. The molecule has 1 fully saturated rings. The first-order chi connectivity index (χ1) is 13.4. The highest BCUT2D eigenvalue weighted by atomic mass is 79.9. The number of nitrogens with zero attached hydrogens (tertiary/aromatic N) is 1. The molecule has 1 heterocycles. The first kappa shape index (κ1) is 20.4. The SMILES string of the molecule is O=C(COC(=O)C1CC(=O)N(Cc2ccccc2)C1)Nc1ccc(Br)cc1Cl. The van der Waals surface area contributed by atoms with Crippen LogP contribution in [0.4, 0.5) is 5.69 Å². The zero-order chi connectivity index (χ0) is 20.1. The molecule has 6 nitrogen and oxygen atoms in total. The second-order valence-electron chi connectivity index (χ2n) is 6.44. The van der Waals surface area contributed by atoms with Crippen molar-refractivity contribution in [2.45, 2.75) is 13.0 Å². The van der Waals surface area contributed by atoms with Crippen LogP contribution in [0.1, 0.15) is 12.0 Å². The molecule has 146 valence electrons. The number of rotatable bonds is 6. The van der Waals surface area contributed by atoms with Crippen molar-refractivity contribution >= 4 is 51.0 Å². The Hall–Kier alpha value is -2.38. The van der Waals surface area contributed by atoms with E-state index >= 15 is 0 Å². The van der Waals surface area contributed by atoms with Crippen molar-refractivity contribution in [3.8, 4) is 0 Å². The predicted molar refractivity (Wildman–Crippen MR) is 109 cm³/mol. The average Bonchev–Trinajstić information content (AvgIpc) is 3.03. The average molecular weight is 466 g/mol. The Morgan fingerprint density at radius 2 is 1.96 bits per heavy atom. The minimum atomic E-state index is -0.569. The molecule has 0 radical (unpaired) electrons. The van der Waals surface area contributed by atoms with Gasteiger partial charge in [-0.1, -0.05) is 57.9 Å². The molecular weight excluding hydrogens is 448 g/mol. The van der Waals surface area contributed by atoms with Crippen LogP contribution in [0, 0.1) is 5.92 Å². The van der Waals surface area contributed by atoms with Gasteiger partial charge in [0.25, 0.3) is 5.91 Å². The third-order valence-corrected chi connectivity index (χ3v) is 5.12. The fourth-order valence-corrected chi connectivity index (χ4v) is 3.64. The van der Waals surface area contributed by atoms with Crippen molar-refractivity contribution in [3.63, 3.8) is 0 Å². The van der Waals surface area contributed by atoms with Gasteiger partial charge in [0.1, 0.15) is 0 Å². The van der Waals surface area contributed by atoms with Gasteiger partial charge in [-0.05, 0) is 23.8 Å². The lowest BCUT2D eigenvalue weighted by Gasteiger charge is -2.16. The van der Waals surface area contributed by atoms with Crippen LogP contribution in [0.25, 0.3) is 0 Å². The van der Waals surface area contributed by atoms with Gasteiger partial charge >= 0.3 is 5.97 Å². The molecule has 1 unspecified atom stereocenters. The summed E-state index contributed by atoms with van der Waals surface area (Å²) >= 11 is 9.33. The predicted octanol–water partition coefficient (Wildman–Crippen LogP) is 3.63. The highest BCUT2D eigenvalue weighted by Gasteiger charge is 2.35. The second kappa shape index (κ2) is 9.21. The Bertz CT molecular complexity index is 891. The van der Waals surface area contributed by atoms with E-state index in [0.717, 1.165) is 10.0 Å². The number of halogens is 2. The van der Waals surface area contributed by atoms with Gasteiger partial charge in [0.05, 0.1) is 16.6 Å². The van der Waals surface area contributed by atoms with Gasteiger partial charge in [0.2, 0.25) is 5.91 Å². The molecule has 3 rings (SSSR count). The number of hydrogen-bond donors (Lipinski definition) is 1. The van der Waals surface area contributed by atoms with Crippen LogP contribution in [0.2, 0.25) is 5.02 Å². The summed E-state index contributed by atoms with van der Waals surface area (Å²) in [6, 6.07) is 14.6. The topological polar surface area (TPSA) is 75.7 Å². The van der Waals surface area contributed by atoms with Crippen LogP contribution in [-0.4, -0.2) is 35.8 Å². The Labute approximate surface area is 175 Å². The maximum atomic E-state index is 12.2. The number of carbonyl (C=O) groups excluding carboxylic acids is 3. The molecular formula is C20H18BrClN2O4.